The topological polar surface area (TPSA) is 33.7 Å². The molecule has 4 nitrogen and oxygen atoms in total. The van der Waals surface area contributed by atoms with Crippen LogP contribution >= 0.6 is 0 Å². The summed E-state index contributed by atoms with van der Waals surface area (Å²) < 4.78 is 11.5. The van der Waals surface area contributed by atoms with Gasteiger partial charge in [0.15, 0.2) is 0 Å². The Balaban J connectivity index is 2.08. The highest BCUT2D eigenvalue weighted by Crippen LogP contribution is 2.12. The molecule has 0 aromatic rings. The molecule has 0 spiro atoms. The molecule has 0 atom stereocenters. The Morgan fingerprint density at radius 1 is 0.950 bits per heavy atom. The van der Waals surface area contributed by atoms with Crippen LogP contribution in [0.4, 0.5) is 0 Å². The number of nitrogens with zero attached hydrogens (tertiary/aromatic N) is 1. The maximum absolute atomic E-state index is 5.78. The maximum Gasteiger partial charge on any atom is 0.0974 e. The van der Waals surface area contributed by atoms with Gasteiger partial charge in [0.2, 0.25) is 0 Å². The molecule has 4 heteroatoms. The van der Waals surface area contributed by atoms with Gasteiger partial charge in [-0.25, -0.2) is 0 Å². The lowest BCUT2D eigenvalue weighted by Gasteiger charge is -2.33. The summed E-state index contributed by atoms with van der Waals surface area (Å²) in [5.74, 6) is 0. The fourth-order valence-corrected chi connectivity index (χ4v) is 2.22. The highest BCUT2D eigenvalue weighted by atomic mass is 16.5. The Labute approximate surface area is 125 Å². The van der Waals surface area contributed by atoms with Gasteiger partial charge in [-0.3, -0.25) is 5.32 Å². The Kier molecular flexibility index (Phi) is 6.92. The predicted octanol–water partition coefficient (Wildman–Crippen LogP) is 2.63. The summed E-state index contributed by atoms with van der Waals surface area (Å²) in [5, 5.41) is 3.50. The molecule has 20 heavy (non-hydrogen) atoms. The second-order valence-corrected chi connectivity index (χ2v) is 7.68. The first-order chi connectivity index (χ1) is 9.16. The molecule has 0 amide bonds. The summed E-state index contributed by atoms with van der Waals surface area (Å²) in [6.45, 7) is 17.4. The molecule has 1 aliphatic rings. The molecule has 0 aliphatic carbocycles. The zero-order valence-corrected chi connectivity index (χ0v) is 14.3. The van der Waals surface area contributed by atoms with E-state index < -0.39 is 0 Å². The van der Waals surface area contributed by atoms with Crippen molar-refractivity contribution in [2.45, 2.75) is 71.6 Å². The van der Waals surface area contributed by atoms with Crippen LogP contribution in [0.15, 0.2) is 0 Å². The number of likely N-dealkylation sites (tertiary alicyclic amines) is 1. The van der Waals surface area contributed by atoms with Gasteiger partial charge in [-0.05, 0) is 67.5 Å². The van der Waals surface area contributed by atoms with Crippen LogP contribution in [0.1, 0.15) is 54.4 Å². The number of ether oxygens (including phenoxy) is 2. The van der Waals surface area contributed by atoms with Gasteiger partial charge in [-0.15, -0.1) is 0 Å². The van der Waals surface area contributed by atoms with E-state index in [9.17, 15) is 0 Å². The Hall–Kier alpha value is -0.160. The van der Waals surface area contributed by atoms with Crippen molar-refractivity contribution in [3.05, 3.63) is 0 Å². The summed E-state index contributed by atoms with van der Waals surface area (Å²) in [4.78, 5) is 2.49. The fourth-order valence-electron chi connectivity index (χ4n) is 2.22. The molecular weight excluding hydrogens is 252 g/mol. The number of hydrogen-bond donors (Lipinski definition) is 1. The highest BCUT2D eigenvalue weighted by Gasteiger charge is 2.20. The van der Waals surface area contributed by atoms with Crippen LogP contribution in [0.3, 0.4) is 0 Å². The van der Waals surface area contributed by atoms with Crippen LogP contribution in [0.5, 0.6) is 0 Å². The average molecular weight is 286 g/mol. The van der Waals surface area contributed by atoms with Crippen LogP contribution in [-0.2, 0) is 9.47 Å². The van der Waals surface area contributed by atoms with Crippen LogP contribution in [0.25, 0.3) is 0 Å². The van der Waals surface area contributed by atoms with Crippen molar-refractivity contribution in [3.8, 4) is 0 Å². The number of piperidine rings is 1. The minimum atomic E-state index is -0.0575. The lowest BCUT2D eigenvalue weighted by molar-refractivity contribution is -0.0253. The molecule has 0 bridgehead atoms. The third-order valence-electron chi connectivity index (χ3n) is 3.41. The zero-order valence-electron chi connectivity index (χ0n) is 14.3. The van der Waals surface area contributed by atoms with E-state index in [1.165, 1.54) is 12.8 Å². The molecule has 1 saturated heterocycles. The molecule has 0 radical (unpaired) electrons. The number of nitrogens with one attached hydrogen (secondary N) is 1. The Bertz CT molecular complexity index is 233. The highest BCUT2D eigenvalue weighted by molar-refractivity contribution is 4.76. The molecule has 0 aromatic carbocycles. The van der Waals surface area contributed by atoms with Gasteiger partial charge in [-0.2, -0.15) is 0 Å². The summed E-state index contributed by atoms with van der Waals surface area (Å²) in [6.07, 6.45) is 2.39. The standard InChI is InChI=1S/C16H34N2O2/c1-15(2,3)19-12-11-18-9-7-14(8-10-18)17-13-20-16(4,5)6/h14,17H,7-13H2,1-6H3. The predicted molar refractivity (Wildman–Crippen MR) is 84.0 cm³/mol. The van der Waals surface area contributed by atoms with E-state index in [-0.39, 0.29) is 11.2 Å². The normalized spacial score (nSPS) is 19.5. The third-order valence-corrected chi connectivity index (χ3v) is 3.41. The first-order valence-corrected chi connectivity index (χ1v) is 7.89. The molecule has 1 fully saturated rings. The summed E-state index contributed by atoms with van der Waals surface area (Å²) in [6, 6.07) is 0.595. The zero-order chi connectivity index (χ0) is 15.2. The van der Waals surface area contributed by atoms with Crippen LogP contribution in [0, 0.1) is 0 Å². The van der Waals surface area contributed by atoms with Gasteiger partial charge in [0.05, 0.1) is 24.5 Å². The first kappa shape index (κ1) is 17.9. The van der Waals surface area contributed by atoms with Crippen molar-refractivity contribution in [2.24, 2.45) is 0 Å². The van der Waals surface area contributed by atoms with E-state index in [0.29, 0.717) is 12.8 Å². The summed E-state index contributed by atoms with van der Waals surface area (Å²) >= 11 is 0. The van der Waals surface area contributed by atoms with Crippen molar-refractivity contribution in [2.75, 3.05) is 33.0 Å². The fraction of sp³-hybridized carbons (Fsp3) is 1.00. The van der Waals surface area contributed by atoms with Crippen molar-refractivity contribution in [3.63, 3.8) is 0 Å². The molecular formula is C16H34N2O2. The van der Waals surface area contributed by atoms with Crippen molar-refractivity contribution in [1.82, 2.24) is 10.2 Å². The summed E-state index contributed by atoms with van der Waals surface area (Å²) in [5.41, 5.74) is -0.0812. The van der Waals surface area contributed by atoms with Gasteiger partial charge >= 0.3 is 0 Å². The quantitative estimate of drug-likeness (QED) is 0.761. The van der Waals surface area contributed by atoms with Crippen molar-refractivity contribution in [1.29, 1.82) is 0 Å². The second-order valence-electron chi connectivity index (χ2n) is 7.68. The van der Waals surface area contributed by atoms with E-state index in [1.807, 2.05) is 0 Å². The van der Waals surface area contributed by atoms with E-state index in [2.05, 4.69) is 51.8 Å². The van der Waals surface area contributed by atoms with Crippen LogP contribution in [0.2, 0.25) is 0 Å². The van der Waals surface area contributed by atoms with Gasteiger partial charge in [-0.1, -0.05) is 0 Å². The smallest absolute Gasteiger partial charge is 0.0974 e. The molecule has 1 aliphatic heterocycles. The molecule has 1 N–H and O–H groups in total. The van der Waals surface area contributed by atoms with E-state index in [0.717, 1.165) is 26.2 Å². The first-order valence-electron chi connectivity index (χ1n) is 7.89. The van der Waals surface area contributed by atoms with Crippen LogP contribution in [-0.4, -0.2) is 55.1 Å². The lowest BCUT2D eigenvalue weighted by atomic mass is 10.1. The number of rotatable bonds is 6. The second kappa shape index (κ2) is 7.74. The lowest BCUT2D eigenvalue weighted by Crippen LogP contribution is -2.45. The molecule has 0 unspecified atom stereocenters. The molecule has 1 rings (SSSR count). The molecule has 1 heterocycles. The van der Waals surface area contributed by atoms with Crippen molar-refractivity contribution < 1.29 is 9.47 Å². The van der Waals surface area contributed by atoms with E-state index >= 15 is 0 Å². The minimum absolute atomic E-state index is 0.0236. The number of hydrogen-bond acceptors (Lipinski definition) is 4. The van der Waals surface area contributed by atoms with Gasteiger partial charge in [0.25, 0.3) is 0 Å². The average Bonchev–Trinajstić information content (AvgIpc) is 2.28. The Morgan fingerprint density at radius 2 is 1.50 bits per heavy atom. The van der Waals surface area contributed by atoms with E-state index in [1.54, 1.807) is 0 Å². The van der Waals surface area contributed by atoms with Crippen molar-refractivity contribution >= 4 is 0 Å². The van der Waals surface area contributed by atoms with Gasteiger partial charge in [0, 0.05) is 12.6 Å². The third kappa shape index (κ3) is 8.90. The Morgan fingerprint density at radius 3 is 2.00 bits per heavy atom. The maximum atomic E-state index is 5.78. The molecule has 120 valence electrons. The van der Waals surface area contributed by atoms with E-state index in [4.69, 9.17) is 9.47 Å². The monoisotopic (exact) mass is 286 g/mol. The van der Waals surface area contributed by atoms with Gasteiger partial charge < -0.3 is 14.4 Å². The minimum Gasteiger partial charge on any atom is -0.375 e. The summed E-state index contributed by atoms with van der Waals surface area (Å²) in [7, 11) is 0. The van der Waals surface area contributed by atoms with Gasteiger partial charge in [0.1, 0.15) is 0 Å². The molecule has 0 saturated carbocycles. The molecule has 0 aromatic heterocycles. The van der Waals surface area contributed by atoms with Crippen LogP contribution < -0.4 is 5.32 Å². The largest absolute Gasteiger partial charge is 0.375 e. The SMILES string of the molecule is CC(C)(C)OCCN1CCC(NCOC(C)(C)C)CC1.